The van der Waals surface area contributed by atoms with Gasteiger partial charge in [-0.15, -0.1) is 0 Å². The van der Waals surface area contributed by atoms with Gasteiger partial charge in [0.05, 0.1) is 14.2 Å². The van der Waals surface area contributed by atoms with Crippen molar-refractivity contribution in [2.24, 2.45) is 0 Å². The first-order valence-electron chi connectivity index (χ1n) is 8.61. The summed E-state index contributed by atoms with van der Waals surface area (Å²) in [5, 5.41) is 41.1. The molecule has 10 atom stereocenters. The van der Waals surface area contributed by atoms with Crippen molar-refractivity contribution in [3.05, 3.63) is 0 Å². The van der Waals surface area contributed by atoms with Crippen LogP contribution < -0.4 is 0 Å². The molecule has 0 aliphatic carbocycles. The molecule has 5 unspecified atom stereocenters. The molecule has 0 spiro atoms. The van der Waals surface area contributed by atoms with Crippen LogP contribution in [-0.4, -0.2) is 122 Å². The lowest BCUT2D eigenvalue weighted by atomic mass is 9.96. The van der Waals surface area contributed by atoms with Gasteiger partial charge in [-0.2, -0.15) is 0 Å². The molecule has 0 bridgehead atoms. The summed E-state index contributed by atoms with van der Waals surface area (Å²) >= 11 is 0. The van der Waals surface area contributed by atoms with Gasteiger partial charge in [0.25, 0.3) is 0 Å². The molecule has 2 fully saturated rings. The van der Waals surface area contributed by atoms with Crippen molar-refractivity contribution in [1.82, 2.24) is 0 Å². The van der Waals surface area contributed by atoms with Gasteiger partial charge in [0, 0.05) is 14.2 Å². The van der Waals surface area contributed by atoms with Crippen molar-refractivity contribution in [3.63, 3.8) is 0 Å². The number of carbonyl (C=O) groups is 2. The molecule has 13 nitrogen and oxygen atoms in total. The lowest BCUT2D eigenvalue weighted by Crippen LogP contribution is -2.66. The van der Waals surface area contributed by atoms with E-state index in [4.69, 9.17) is 23.7 Å². The maximum atomic E-state index is 12.1. The molecule has 2 aliphatic rings. The van der Waals surface area contributed by atoms with E-state index in [1.165, 1.54) is 14.2 Å². The molecule has 168 valence electrons. The fourth-order valence-electron chi connectivity index (χ4n) is 3.16. The third kappa shape index (κ3) is 4.68. The minimum atomic E-state index is -1.75. The molecule has 4 N–H and O–H groups in total. The largest absolute Gasteiger partial charge is 0.467 e. The van der Waals surface area contributed by atoms with Gasteiger partial charge >= 0.3 is 11.9 Å². The molecule has 0 aromatic rings. The summed E-state index contributed by atoms with van der Waals surface area (Å²) in [4.78, 5) is 24.0. The lowest BCUT2D eigenvalue weighted by molar-refractivity contribution is -0.349. The molecule has 0 amide bonds. The summed E-state index contributed by atoms with van der Waals surface area (Å²) < 4.78 is 35.2. The summed E-state index contributed by atoms with van der Waals surface area (Å²) in [6, 6.07) is 0. The number of methoxy groups -OCH3 is 4. The average Bonchev–Trinajstić information content (AvgIpc) is 2.73. The van der Waals surface area contributed by atoms with Crippen molar-refractivity contribution in [1.29, 1.82) is 0 Å². The number of rotatable bonds is 6. The maximum Gasteiger partial charge on any atom is 0.337 e. The van der Waals surface area contributed by atoms with Crippen LogP contribution in [0.1, 0.15) is 0 Å². The van der Waals surface area contributed by atoms with Crippen LogP contribution in [0.15, 0.2) is 0 Å². The molecule has 0 aromatic carbocycles. The van der Waals surface area contributed by atoms with E-state index in [0.717, 1.165) is 14.2 Å². The highest BCUT2D eigenvalue weighted by molar-refractivity contribution is 5.76. The molecule has 0 saturated carbocycles. The molecule has 0 aromatic heterocycles. The first-order chi connectivity index (χ1) is 13.7. The first-order valence-corrected chi connectivity index (χ1v) is 8.61. The van der Waals surface area contributed by atoms with E-state index in [0.29, 0.717) is 0 Å². The normalized spacial score (nSPS) is 42.9. The Morgan fingerprint density at radius 3 is 1.59 bits per heavy atom. The Kier molecular flexibility index (Phi) is 8.28. The van der Waals surface area contributed by atoms with Crippen molar-refractivity contribution in [2.75, 3.05) is 28.4 Å². The third-order valence-electron chi connectivity index (χ3n) is 4.75. The lowest BCUT2D eigenvalue weighted by Gasteiger charge is -2.45. The zero-order chi connectivity index (χ0) is 21.9. The van der Waals surface area contributed by atoms with Gasteiger partial charge < -0.3 is 53.6 Å². The molecule has 29 heavy (non-hydrogen) atoms. The quantitative estimate of drug-likeness (QED) is 0.305. The van der Waals surface area contributed by atoms with Crippen LogP contribution >= 0.6 is 0 Å². The number of hydrogen-bond acceptors (Lipinski definition) is 13. The molecular weight excluding hydrogens is 400 g/mol. The number of carbonyl (C=O) groups excluding carboxylic acids is 2. The number of ether oxygens (including phenoxy) is 7. The monoisotopic (exact) mass is 426 g/mol. The highest BCUT2D eigenvalue weighted by Gasteiger charge is 2.54. The van der Waals surface area contributed by atoms with Crippen LogP contribution in [0.4, 0.5) is 0 Å². The Morgan fingerprint density at radius 1 is 0.655 bits per heavy atom. The second-order valence-electron chi connectivity index (χ2n) is 6.40. The SMILES string of the molecule is COC(=O)C1OC(OC)[C@@H](O)[C@H](O)[C@@H]1OC1O[C@@H](C(=O)OC)[C@H](OC)C(O)C1O. The Bertz CT molecular complexity index is 571. The molecular formula is C16H26O13. The fourth-order valence-corrected chi connectivity index (χ4v) is 3.16. The second-order valence-corrected chi connectivity index (χ2v) is 6.40. The number of esters is 2. The van der Waals surface area contributed by atoms with Crippen molar-refractivity contribution in [2.45, 2.75) is 61.4 Å². The van der Waals surface area contributed by atoms with Gasteiger partial charge in [0.1, 0.15) is 36.6 Å². The zero-order valence-corrected chi connectivity index (χ0v) is 16.2. The van der Waals surface area contributed by atoms with E-state index >= 15 is 0 Å². The highest BCUT2D eigenvalue weighted by atomic mass is 16.7. The van der Waals surface area contributed by atoms with Crippen molar-refractivity contribution >= 4 is 11.9 Å². The van der Waals surface area contributed by atoms with Gasteiger partial charge in [0.15, 0.2) is 24.8 Å². The maximum absolute atomic E-state index is 12.1. The van der Waals surface area contributed by atoms with Crippen LogP contribution in [0.2, 0.25) is 0 Å². The molecule has 2 saturated heterocycles. The van der Waals surface area contributed by atoms with Crippen LogP contribution in [0.3, 0.4) is 0 Å². The van der Waals surface area contributed by atoms with Crippen molar-refractivity contribution < 1.29 is 63.2 Å². The van der Waals surface area contributed by atoms with Gasteiger partial charge in [0.2, 0.25) is 0 Å². The Labute approximate surface area is 165 Å². The Hall–Kier alpha value is -1.42. The first kappa shape index (κ1) is 23.9. The van der Waals surface area contributed by atoms with Crippen molar-refractivity contribution in [3.8, 4) is 0 Å². The van der Waals surface area contributed by atoms with Gasteiger partial charge in [-0.3, -0.25) is 0 Å². The highest BCUT2D eigenvalue weighted by Crippen LogP contribution is 2.30. The van der Waals surface area contributed by atoms with Gasteiger partial charge in [-0.1, -0.05) is 0 Å². The van der Waals surface area contributed by atoms with E-state index in [9.17, 15) is 30.0 Å². The third-order valence-corrected chi connectivity index (χ3v) is 4.75. The summed E-state index contributed by atoms with van der Waals surface area (Å²) in [5.41, 5.74) is 0. The van der Waals surface area contributed by atoms with E-state index in [-0.39, 0.29) is 0 Å². The summed E-state index contributed by atoms with van der Waals surface area (Å²) in [6.45, 7) is 0. The minimum Gasteiger partial charge on any atom is -0.467 e. The average molecular weight is 426 g/mol. The molecule has 2 heterocycles. The van der Waals surface area contributed by atoms with E-state index in [2.05, 4.69) is 9.47 Å². The van der Waals surface area contributed by atoms with Crippen LogP contribution in [0.25, 0.3) is 0 Å². The van der Waals surface area contributed by atoms with Crippen LogP contribution in [-0.2, 0) is 42.7 Å². The summed E-state index contributed by atoms with van der Waals surface area (Å²) in [7, 11) is 4.52. The van der Waals surface area contributed by atoms with Gasteiger partial charge in [-0.25, -0.2) is 9.59 Å². The molecule has 13 heteroatoms. The second kappa shape index (κ2) is 10.1. The van der Waals surface area contributed by atoms with E-state index < -0.39 is 73.4 Å². The Morgan fingerprint density at radius 2 is 1.10 bits per heavy atom. The van der Waals surface area contributed by atoms with E-state index in [1.54, 1.807) is 0 Å². The predicted octanol–water partition coefficient (Wildman–Crippen LogP) is -3.73. The Balaban J connectivity index is 2.27. The number of aliphatic hydroxyl groups is 4. The van der Waals surface area contributed by atoms with Crippen LogP contribution in [0, 0.1) is 0 Å². The zero-order valence-electron chi connectivity index (χ0n) is 16.2. The summed E-state index contributed by atoms with van der Waals surface area (Å²) in [6.07, 6.45) is -15.8. The number of aliphatic hydroxyl groups excluding tert-OH is 4. The smallest absolute Gasteiger partial charge is 0.337 e. The molecule has 0 radical (unpaired) electrons. The fraction of sp³-hybridized carbons (Fsp3) is 0.875. The minimum absolute atomic E-state index is 0.916. The standard InChI is InChI=1S/C16H26O13/c1-23-9-5(17)8(20)16(29-11(9)13(21)24-2)27-10-6(18)7(19)15(26-4)28-12(10)14(22)25-3/h5-12,15-20H,1-4H3/t5?,6-,7-,8?,9+,10-,11+,12?,15?,16?/m0/s1. The molecule has 2 rings (SSSR count). The predicted molar refractivity (Wildman–Crippen MR) is 88.1 cm³/mol. The summed E-state index contributed by atoms with van der Waals surface area (Å²) in [5.74, 6) is -1.88. The number of hydrogen-bond donors (Lipinski definition) is 4. The molecule has 2 aliphatic heterocycles. The van der Waals surface area contributed by atoms with Crippen LogP contribution in [0.5, 0.6) is 0 Å². The van der Waals surface area contributed by atoms with E-state index in [1.807, 2.05) is 0 Å². The van der Waals surface area contributed by atoms with Gasteiger partial charge in [-0.05, 0) is 0 Å². The topological polar surface area (TPSA) is 180 Å².